The van der Waals surface area contributed by atoms with Crippen LogP contribution in [0, 0.1) is 6.92 Å². The Labute approximate surface area is 168 Å². The Morgan fingerprint density at radius 2 is 2.00 bits per heavy atom. The Morgan fingerprint density at radius 1 is 1.28 bits per heavy atom. The summed E-state index contributed by atoms with van der Waals surface area (Å²) >= 11 is 0. The summed E-state index contributed by atoms with van der Waals surface area (Å²) in [6, 6.07) is 4.18. The molecule has 2 N–H and O–H groups in total. The maximum absolute atomic E-state index is 5.44. The molecule has 1 aromatic rings. The van der Waals surface area contributed by atoms with Gasteiger partial charge in [-0.05, 0) is 38.8 Å². The van der Waals surface area contributed by atoms with Gasteiger partial charge in [0.1, 0.15) is 0 Å². The molecule has 1 aromatic heterocycles. The largest absolute Gasteiger partial charge is 0.379 e. The molecule has 142 valence electrons. The molecule has 1 aliphatic heterocycles. The molecule has 6 nitrogen and oxygen atoms in total. The lowest BCUT2D eigenvalue weighted by molar-refractivity contribution is -0.00833. The molecule has 25 heavy (non-hydrogen) atoms. The molecular formula is C18H32IN5O. The van der Waals surface area contributed by atoms with Crippen molar-refractivity contribution >= 4 is 29.9 Å². The molecule has 0 aliphatic carbocycles. The molecule has 2 heterocycles. The van der Waals surface area contributed by atoms with Crippen LogP contribution in [-0.2, 0) is 11.2 Å². The summed E-state index contributed by atoms with van der Waals surface area (Å²) in [4.78, 5) is 11.1. The molecule has 1 aliphatic rings. The number of aromatic nitrogens is 1. The number of aliphatic imine (C=N–C) groups is 1. The first-order chi connectivity index (χ1) is 11.5. The minimum Gasteiger partial charge on any atom is -0.379 e. The number of hydrogen-bond acceptors (Lipinski definition) is 4. The first-order valence-electron chi connectivity index (χ1n) is 8.70. The van der Waals surface area contributed by atoms with E-state index in [1.54, 1.807) is 0 Å². The van der Waals surface area contributed by atoms with Gasteiger partial charge in [-0.25, -0.2) is 0 Å². The number of nitrogens with one attached hydrogen (secondary N) is 2. The van der Waals surface area contributed by atoms with Crippen molar-refractivity contribution in [3.8, 4) is 0 Å². The summed E-state index contributed by atoms with van der Waals surface area (Å²) < 4.78 is 5.44. The van der Waals surface area contributed by atoms with Gasteiger partial charge in [0.15, 0.2) is 5.96 Å². The second kappa shape index (κ2) is 10.9. The number of rotatable bonds is 6. The zero-order chi connectivity index (χ0) is 17.4. The van der Waals surface area contributed by atoms with E-state index < -0.39 is 0 Å². The number of morpholine rings is 1. The van der Waals surface area contributed by atoms with Crippen LogP contribution >= 0.6 is 24.0 Å². The van der Waals surface area contributed by atoms with Gasteiger partial charge in [0, 0.05) is 50.7 Å². The minimum absolute atomic E-state index is 0. The highest BCUT2D eigenvalue weighted by Gasteiger charge is 2.28. The van der Waals surface area contributed by atoms with Crippen molar-refractivity contribution in [1.82, 2.24) is 20.5 Å². The van der Waals surface area contributed by atoms with Crippen molar-refractivity contribution in [2.24, 2.45) is 4.99 Å². The van der Waals surface area contributed by atoms with Gasteiger partial charge in [0.2, 0.25) is 0 Å². The second-order valence-corrected chi connectivity index (χ2v) is 6.82. The van der Waals surface area contributed by atoms with Crippen molar-refractivity contribution in [2.45, 2.75) is 32.7 Å². The van der Waals surface area contributed by atoms with Crippen molar-refractivity contribution in [3.05, 3.63) is 29.6 Å². The first kappa shape index (κ1) is 22.1. The predicted molar refractivity (Wildman–Crippen MR) is 114 cm³/mol. The van der Waals surface area contributed by atoms with Gasteiger partial charge >= 0.3 is 0 Å². The van der Waals surface area contributed by atoms with Gasteiger partial charge in [-0.15, -0.1) is 24.0 Å². The lowest BCUT2D eigenvalue weighted by Crippen LogP contribution is -2.56. The fourth-order valence-corrected chi connectivity index (χ4v) is 2.77. The Balaban J connectivity index is 0.00000312. The quantitative estimate of drug-likeness (QED) is 0.385. The van der Waals surface area contributed by atoms with E-state index in [0.717, 1.165) is 57.5 Å². The predicted octanol–water partition coefficient (Wildman–Crippen LogP) is 1.83. The third-order valence-electron chi connectivity index (χ3n) is 4.46. The molecule has 0 bridgehead atoms. The van der Waals surface area contributed by atoms with Crippen molar-refractivity contribution in [1.29, 1.82) is 0 Å². The molecule has 0 saturated carbocycles. The molecule has 0 atom stereocenters. The van der Waals surface area contributed by atoms with Crippen molar-refractivity contribution in [2.75, 3.05) is 46.4 Å². The zero-order valence-electron chi connectivity index (χ0n) is 15.8. The molecule has 0 spiro atoms. The Morgan fingerprint density at radius 3 is 2.60 bits per heavy atom. The maximum atomic E-state index is 5.44. The normalized spacial score (nSPS) is 16.2. The minimum atomic E-state index is 0. The van der Waals surface area contributed by atoms with Crippen LogP contribution in [0.2, 0.25) is 0 Å². The summed E-state index contributed by atoms with van der Waals surface area (Å²) in [5.74, 6) is 0.844. The third-order valence-corrected chi connectivity index (χ3v) is 4.46. The van der Waals surface area contributed by atoms with E-state index in [4.69, 9.17) is 4.74 Å². The summed E-state index contributed by atoms with van der Waals surface area (Å²) in [6.45, 7) is 11.8. The van der Waals surface area contributed by atoms with E-state index >= 15 is 0 Å². The van der Waals surface area contributed by atoms with Crippen molar-refractivity contribution in [3.63, 3.8) is 0 Å². The van der Waals surface area contributed by atoms with Crippen LogP contribution in [0.1, 0.15) is 25.1 Å². The molecule has 7 heteroatoms. The van der Waals surface area contributed by atoms with Crippen LogP contribution in [-0.4, -0.2) is 67.8 Å². The number of hydrogen-bond donors (Lipinski definition) is 2. The van der Waals surface area contributed by atoms with Crippen LogP contribution in [0.15, 0.2) is 23.3 Å². The highest BCUT2D eigenvalue weighted by Crippen LogP contribution is 2.14. The Hall–Kier alpha value is -0.930. The first-order valence-corrected chi connectivity index (χ1v) is 8.70. The number of halogens is 1. The highest BCUT2D eigenvalue weighted by molar-refractivity contribution is 14.0. The molecule has 1 saturated heterocycles. The number of guanidine groups is 1. The number of pyridine rings is 1. The van der Waals surface area contributed by atoms with E-state index in [9.17, 15) is 0 Å². The number of nitrogens with zero attached hydrogens (tertiary/aromatic N) is 3. The molecule has 0 aromatic carbocycles. The molecular weight excluding hydrogens is 429 g/mol. The van der Waals surface area contributed by atoms with Crippen LogP contribution in [0.25, 0.3) is 0 Å². The van der Waals surface area contributed by atoms with Crippen LogP contribution < -0.4 is 10.6 Å². The van der Waals surface area contributed by atoms with Gasteiger partial charge in [-0.2, -0.15) is 0 Å². The average Bonchev–Trinajstić information content (AvgIpc) is 2.60. The Bertz CT molecular complexity index is 527. The van der Waals surface area contributed by atoms with Gasteiger partial charge in [0.25, 0.3) is 0 Å². The second-order valence-electron chi connectivity index (χ2n) is 6.82. The molecule has 1 fully saturated rings. The summed E-state index contributed by atoms with van der Waals surface area (Å²) in [7, 11) is 1.81. The monoisotopic (exact) mass is 461 g/mol. The van der Waals surface area contributed by atoms with Gasteiger partial charge in [-0.3, -0.25) is 14.9 Å². The lowest BCUT2D eigenvalue weighted by atomic mass is 10.0. The fraction of sp³-hybridized carbons (Fsp3) is 0.667. The molecule has 2 rings (SSSR count). The zero-order valence-corrected chi connectivity index (χ0v) is 18.2. The summed E-state index contributed by atoms with van der Waals surface area (Å²) in [5, 5.41) is 6.82. The third kappa shape index (κ3) is 7.45. The summed E-state index contributed by atoms with van der Waals surface area (Å²) in [5.41, 5.74) is 2.36. The summed E-state index contributed by atoms with van der Waals surface area (Å²) in [6.07, 6.45) is 2.87. The SMILES string of the molecule is CN=C(NCCc1ccc(C)nc1)NCC(C)(C)N1CCOCC1.I. The van der Waals surface area contributed by atoms with Gasteiger partial charge < -0.3 is 15.4 Å². The maximum Gasteiger partial charge on any atom is 0.191 e. The standard InChI is InChI=1S/C18H31N5O.HI/c1-15-5-6-16(13-21-15)7-8-20-17(19-4)22-14-18(2,3)23-9-11-24-12-10-23;/h5-6,13H,7-12,14H2,1-4H3,(H2,19,20,22);1H. The van der Waals surface area contributed by atoms with Crippen LogP contribution in [0.5, 0.6) is 0 Å². The number of ether oxygens (including phenoxy) is 1. The van der Waals surface area contributed by atoms with E-state index in [1.807, 2.05) is 26.2 Å². The molecule has 0 radical (unpaired) electrons. The van der Waals surface area contributed by atoms with E-state index in [0.29, 0.717) is 0 Å². The lowest BCUT2D eigenvalue weighted by Gasteiger charge is -2.41. The van der Waals surface area contributed by atoms with E-state index in [1.165, 1.54) is 5.56 Å². The average molecular weight is 461 g/mol. The fourth-order valence-electron chi connectivity index (χ4n) is 2.77. The van der Waals surface area contributed by atoms with Crippen LogP contribution in [0.3, 0.4) is 0 Å². The highest BCUT2D eigenvalue weighted by atomic mass is 127. The van der Waals surface area contributed by atoms with E-state index in [-0.39, 0.29) is 29.5 Å². The van der Waals surface area contributed by atoms with Gasteiger partial charge in [-0.1, -0.05) is 6.07 Å². The Kier molecular flexibility index (Phi) is 9.66. The topological polar surface area (TPSA) is 61.8 Å². The van der Waals surface area contributed by atoms with Crippen molar-refractivity contribution < 1.29 is 4.74 Å². The molecule has 0 amide bonds. The van der Waals surface area contributed by atoms with E-state index in [2.05, 4.69) is 45.4 Å². The smallest absolute Gasteiger partial charge is 0.191 e. The number of aryl methyl sites for hydroxylation is 1. The van der Waals surface area contributed by atoms with Gasteiger partial charge in [0.05, 0.1) is 13.2 Å². The molecule has 0 unspecified atom stereocenters. The van der Waals surface area contributed by atoms with Crippen LogP contribution in [0.4, 0.5) is 0 Å².